The van der Waals surface area contributed by atoms with Crippen LogP contribution in [0.25, 0.3) is 0 Å². The summed E-state index contributed by atoms with van der Waals surface area (Å²) in [6, 6.07) is 0. The largest absolute Gasteiger partial charge is 0.395 e. The molecule has 0 saturated heterocycles. The fourth-order valence-electron chi connectivity index (χ4n) is 1.16. The van der Waals surface area contributed by atoms with Crippen molar-refractivity contribution >= 4 is 0 Å². The molecule has 0 fully saturated rings. The summed E-state index contributed by atoms with van der Waals surface area (Å²) >= 11 is 0. The molecule has 0 aliphatic rings. The maximum atomic E-state index is 8.56. The second-order valence-electron chi connectivity index (χ2n) is 4.03. The highest BCUT2D eigenvalue weighted by Crippen LogP contribution is 2.06. The molecule has 13 heavy (non-hydrogen) atoms. The van der Waals surface area contributed by atoms with Crippen LogP contribution in [0, 0.1) is 0 Å². The molecule has 0 spiro atoms. The van der Waals surface area contributed by atoms with Gasteiger partial charge < -0.3 is 15.7 Å². The van der Waals surface area contributed by atoms with Crippen molar-refractivity contribution in [3.63, 3.8) is 0 Å². The first-order valence-electron chi connectivity index (χ1n) is 5.19. The van der Waals surface area contributed by atoms with E-state index in [1.54, 1.807) is 0 Å². The second-order valence-corrected chi connectivity index (χ2v) is 4.03. The molecule has 0 aromatic rings. The van der Waals surface area contributed by atoms with E-state index in [0.29, 0.717) is 6.54 Å². The van der Waals surface area contributed by atoms with Crippen LogP contribution in [-0.4, -0.2) is 36.9 Å². The van der Waals surface area contributed by atoms with Gasteiger partial charge >= 0.3 is 0 Å². The molecule has 0 aliphatic heterocycles. The number of hydrogen-bond donors (Lipinski definition) is 3. The van der Waals surface area contributed by atoms with Gasteiger partial charge in [-0.25, -0.2) is 0 Å². The Balaban J connectivity index is 3.39. The lowest BCUT2D eigenvalue weighted by Crippen LogP contribution is -2.42. The number of rotatable bonds is 8. The average molecular weight is 188 g/mol. The van der Waals surface area contributed by atoms with Crippen molar-refractivity contribution in [1.29, 1.82) is 0 Å². The minimum atomic E-state index is 0.207. The molecule has 0 aromatic carbocycles. The Labute approximate surface area is 81.9 Å². The molecule has 0 amide bonds. The first-order valence-corrected chi connectivity index (χ1v) is 5.19. The average Bonchev–Trinajstić information content (AvgIpc) is 2.09. The lowest BCUT2D eigenvalue weighted by Gasteiger charge is -2.26. The molecule has 3 N–H and O–H groups in total. The Hall–Kier alpha value is -0.120. The minimum Gasteiger partial charge on any atom is -0.395 e. The van der Waals surface area contributed by atoms with E-state index in [2.05, 4.69) is 31.4 Å². The molecule has 3 nitrogen and oxygen atoms in total. The Morgan fingerprint density at radius 1 is 1.15 bits per heavy atom. The maximum absolute atomic E-state index is 8.56. The van der Waals surface area contributed by atoms with Crippen molar-refractivity contribution in [2.24, 2.45) is 0 Å². The third-order valence-corrected chi connectivity index (χ3v) is 2.07. The molecule has 0 atom stereocenters. The fourth-order valence-corrected chi connectivity index (χ4v) is 1.16. The second kappa shape index (κ2) is 7.30. The highest BCUT2D eigenvalue weighted by molar-refractivity contribution is 4.77. The van der Waals surface area contributed by atoms with Gasteiger partial charge in [-0.1, -0.05) is 6.92 Å². The van der Waals surface area contributed by atoms with Crippen LogP contribution in [0.5, 0.6) is 0 Å². The zero-order valence-corrected chi connectivity index (χ0v) is 9.19. The van der Waals surface area contributed by atoms with Gasteiger partial charge in [-0.05, 0) is 39.8 Å². The quantitative estimate of drug-likeness (QED) is 0.492. The Bertz CT molecular complexity index is 115. The predicted molar refractivity (Wildman–Crippen MR) is 56.9 cm³/mol. The van der Waals surface area contributed by atoms with E-state index < -0.39 is 0 Å². The van der Waals surface area contributed by atoms with Crippen LogP contribution < -0.4 is 10.6 Å². The number of aliphatic hydroxyl groups excluding tert-OH is 1. The van der Waals surface area contributed by atoms with Crippen LogP contribution in [0.1, 0.15) is 33.6 Å². The number of aliphatic hydroxyl groups is 1. The van der Waals surface area contributed by atoms with E-state index in [4.69, 9.17) is 5.11 Å². The molecule has 3 heteroatoms. The molecule has 0 aromatic heterocycles. The molecule has 0 unspecified atom stereocenters. The monoisotopic (exact) mass is 188 g/mol. The van der Waals surface area contributed by atoms with Crippen molar-refractivity contribution < 1.29 is 5.11 Å². The van der Waals surface area contributed by atoms with Crippen LogP contribution in [0.3, 0.4) is 0 Å². The van der Waals surface area contributed by atoms with Crippen LogP contribution >= 0.6 is 0 Å². The summed E-state index contributed by atoms with van der Waals surface area (Å²) in [5, 5.41) is 15.2. The van der Waals surface area contributed by atoms with Gasteiger partial charge in [0.2, 0.25) is 0 Å². The van der Waals surface area contributed by atoms with Crippen LogP contribution in [-0.2, 0) is 0 Å². The third-order valence-electron chi connectivity index (χ3n) is 2.07. The van der Waals surface area contributed by atoms with E-state index in [-0.39, 0.29) is 12.1 Å². The zero-order valence-electron chi connectivity index (χ0n) is 9.19. The van der Waals surface area contributed by atoms with Gasteiger partial charge in [0, 0.05) is 12.1 Å². The molecule has 0 radical (unpaired) electrons. The molecular formula is C10H24N2O. The number of hydrogen-bond acceptors (Lipinski definition) is 3. The molecule has 80 valence electrons. The van der Waals surface area contributed by atoms with Gasteiger partial charge in [0.25, 0.3) is 0 Å². The van der Waals surface area contributed by atoms with Crippen molar-refractivity contribution in [3.8, 4) is 0 Å². The molecule has 0 saturated carbocycles. The summed E-state index contributed by atoms with van der Waals surface area (Å²) in [4.78, 5) is 0. The van der Waals surface area contributed by atoms with E-state index in [0.717, 1.165) is 19.5 Å². The molecule has 0 heterocycles. The summed E-state index contributed by atoms with van der Waals surface area (Å²) in [6.45, 7) is 9.56. The van der Waals surface area contributed by atoms with Gasteiger partial charge in [0.15, 0.2) is 0 Å². The van der Waals surface area contributed by atoms with Gasteiger partial charge in [0.1, 0.15) is 0 Å². The summed E-state index contributed by atoms with van der Waals surface area (Å²) in [6.07, 6.45) is 2.26. The van der Waals surface area contributed by atoms with Gasteiger partial charge in [-0.2, -0.15) is 0 Å². The third kappa shape index (κ3) is 8.22. The first-order chi connectivity index (χ1) is 6.12. The SMILES string of the molecule is CCCNC(C)(C)CCNCCO. The standard InChI is InChI=1S/C10H24N2O/c1-4-6-12-10(2,3)5-7-11-8-9-13/h11-13H,4-9H2,1-3H3. The lowest BCUT2D eigenvalue weighted by atomic mass is 10.0. The van der Waals surface area contributed by atoms with E-state index in [9.17, 15) is 0 Å². The van der Waals surface area contributed by atoms with Crippen LogP contribution in [0.2, 0.25) is 0 Å². The molecule has 0 aliphatic carbocycles. The Morgan fingerprint density at radius 3 is 2.38 bits per heavy atom. The molecule has 0 rings (SSSR count). The summed E-state index contributed by atoms with van der Waals surface area (Å²) in [5.41, 5.74) is 0.207. The summed E-state index contributed by atoms with van der Waals surface area (Å²) in [7, 11) is 0. The van der Waals surface area contributed by atoms with Gasteiger partial charge in [-0.3, -0.25) is 0 Å². The van der Waals surface area contributed by atoms with E-state index in [1.807, 2.05) is 0 Å². The lowest BCUT2D eigenvalue weighted by molar-refractivity contribution is 0.285. The van der Waals surface area contributed by atoms with Crippen molar-refractivity contribution in [2.45, 2.75) is 39.2 Å². The fraction of sp³-hybridized carbons (Fsp3) is 1.00. The van der Waals surface area contributed by atoms with Crippen molar-refractivity contribution in [1.82, 2.24) is 10.6 Å². The summed E-state index contributed by atoms with van der Waals surface area (Å²) < 4.78 is 0. The van der Waals surface area contributed by atoms with E-state index >= 15 is 0 Å². The van der Waals surface area contributed by atoms with Crippen LogP contribution in [0.15, 0.2) is 0 Å². The predicted octanol–water partition coefficient (Wildman–Crippen LogP) is 0.737. The maximum Gasteiger partial charge on any atom is 0.0555 e. The normalized spacial score (nSPS) is 12.0. The van der Waals surface area contributed by atoms with Gasteiger partial charge in [-0.15, -0.1) is 0 Å². The summed E-state index contributed by atoms with van der Waals surface area (Å²) in [5.74, 6) is 0. The smallest absolute Gasteiger partial charge is 0.0555 e. The highest BCUT2D eigenvalue weighted by Gasteiger charge is 2.14. The Kier molecular flexibility index (Phi) is 7.23. The van der Waals surface area contributed by atoms with Crippen molar-refractivity contribution in [3.05, 3.63) is 0 Å². The number of nitrogens with one attached hydrogen (secondary N) is 2. The molecular weight excluding hydrogens is 164 g/mol. The van der Waals surface area contributed by atoms with E-state index in [1.165, 1.54) is 6.42 Å². The van der Waals surface area contributed by atoms with Gasteiger partial charge in [0.05, 0.1) is 6.61 Å². The van der Waals surface area contributed by atoms with Crippen molar-refractivity contribution in [2.75, 3.05) is 26.2 Å². The minimum absolute atomic E-state index is 0.207. The zero-order chi connectivity index (χ0) is 10.2. The molecule has 0 bridgehead atoms. The Morgan fingerprint density at radius 2 is 1.85 bits per heavy atom. The van der Waals surface area contributed by atoms with Crippen LogP contribution in [0.4, 0.5) is 0 Å². The first kappa shape index (κ1) is 12.9. The highest BCUT2D eigenvalue weighted by atomic mass is 16.3. The topological polar surface area (TPSA) is 44.3 Å².